The first kappa shape index (κ1) is 28.2. The van der Waals surface area contributed by atoms with Crippen molar-refractivity contribution in [3.8, 4) is 0 Å². The Hall–Kier alpha value is -0.790. The molecular formula is C29H56N2. The summed E-state index contributed by atoms with van der Waals surface area (Å²) in [5.41, 5.74) is 0.223. The SMILES string of the molecule is CCCCCCCCCCCCCCCCC(CCCCC)C(C)(CC)n1ccnc1. The average Bonchev–Trinajstić information content (AvgIpc) is 3.33. The number of nitrogens with zero attached hydrogens (tertiary/aromatic N) is 2. The van der Waals surface area contributed by atoms with E-state index in [9.17, 15) is 0 Å². The minimum Gasteiger partial charge on any atom is -0.331 e. The van der Waals surface area contributed by atoms with Gasteiger partial charge in [-0.2, -0.15) is 0 Å². The fraction of sp³-hybridized carbons (Fsp3) is 0.897. The van der Waals surface area contributed by atoms with Crippen LogP contribution in [-0.2, 0) is 5.54 Å². The van der Waals surface area contributed by atoms with Crippen molar-refractivity contribution in [2.24, 2.45) is 5.92 Å². The highest BCUT2D eigenvalue weighted by Gasteiger charge is 2.33. The van der Waals surface area contributed by atoms with Crippen LogP contribution in [0.4, 0.5) is 0 Å². The molecule has 0 aliphatic heterocycles. The molecule has 182 valence electrons. The van der Waals surface area contributed by atoms with Gasteiger partial charge in [-0.3, -0.25) is 0 Å². The van der Waals surface area contributed by atoms with Crippen LogP contribution in [0.1, 0.15) is 156 Å². The molecule has 0 saturated carbocycles. The van der Waals surface area contributed by atoms with E-state index >= 15 is 0 Å². The van der Waals surface area contributed by atoms with E-state index in [1.165, 1.54) is 128 Å². The summed E-state index contributed by atoms with van der Waals surface area (Å²) in [7, 11) is 0. The first-order chi connectivity index (χ1) is 15.2. The maximum absolute atomic E-state index is 4.35. The summed E-state index contributed by atoms with van der Waals surface area (Å²) in [4.78, 5) is 4.35. The van der Waals surface area contributed by atoms with E-state index in [1.54, 1.807) is 0 Å². The Labute approximate surface area is 196 Å². The fourth-order valence-corrected chi connectivity index (χ4v) is 5.24. The molecule has 1 heterocycles. The Morgan fingerprint density at radius 3 is 1.48 bits per heavy atom. The number of rotatable bonds is 22. The Kier molecular flexibility index (Phi) is 17.1. The molecule has 0 saturated heterocycles. The molecule has 0 aromatic carbocycles. The van der Waals surface area contributed by atoms with Crippen LogP contribution in [0.2, 0.25) is 0 Å². The van der Waals surface area contributed by atoms with Crippen molar-refractivity contribution in [2.45, 2.75) is 162 Å². The van der Waals surface area contributed by atoms with Gasteiger partial charge in [0.25, 0.3) is 0 Å². The van der Waals surface area contributed by atoms with Gasteiger partial charge in [0.1, 0.15) is 0 Å². The van der Waals surface area contributed by atoms with E-state index in [-0.39, 0.29) is 5.54 Å². The van der Waals surface area contributed by atoms with Crippen molar-refractivity contribution in [2.75, 3.05) is 0 Å². The van der Waals surface area contributed by atoms with Gasteiger partial charge in [-0.05, 0) is 32.1 Å². The van der Waals surface area contributed by atoms with Crippen LogP contribution in [0.15, 0.2) is 18.7 Å². The van der Waals surface area contributed by atoms with E-state index in [0.29, 0.717) is 0 Å². The fourth-order valence-electron chi connectivity index (χ4n) is 5.24. The lowest BCUT2D eigenvalue weighted by Crippen LogP contribution is -2.37. The quantitative estimate of drug-likeness (QED) is 0.167. The van der Waals surface area contributed by atoms with Gasteiger partial charge in [0.2, 0.25) is 0 Å². The molecule has 0 spiro atoms. The molecule has 0 aliphatic rings. The minimum absolute atomic E-state index is 0.223. The van der Waals surface area contributed by atoms with Gasteiger partial charge in [-0.25, -0.2) is 4.98 Å². The monoisotopic (exact) mass is 432 g/mol. The molecule has 2 atom stereocenters. The molecule has 0 bridgehead atoms. The van der Waals surface area contributed by atoms with E-state index in [4.69, 9.17) is 0 Å². The topological polar surface area (TPSA) is 17.8 Å². The highest BCUT2D eigenvalue weighted by molar-refractivity contribution is 4.93. The van der Waals surface area contributed by atoms with Crippen LogP contribution in [0.25, 0.3) is 0 Å². The molecule has 0 amide bonds. The third-order valence-electron chi connectivity index (χ3n) is 7.75. The molecule has 0 fully saturated rings. The molecule has 2 heteroatoms. The van der Waals surface area contributed by atoms with Gasteiger partial charge in [-0.1, -0.05) is 130 Å². The highest BCUT2D eigenvalue weighted by Crippen LogP contribution is 2.37. The molecular weight excluding hydrogens is 376 g/mol. The van der Waals surface area contributed by atoms with E-state index in [2.05, 4.69) is 43.4 Å². The molecule has 2 unspecified atom stereocenters. The molecule has 2 nitrogen and oxygen atoms in total. The first-order valence-electron chi connectivity index (χ1n) is 14.2. The standard InChI is InChI=1S/C29H56N2/c1-5-8-10-11-12-13-14-15-16-17-18-19-20-22-24-28(23-21-9-6-2)29(4,7-3)31-26-25-30-27-31/h25-28H,5-24H2,1-4H3. The van der Waals surface area contributed by atoms with Crippen LogP contribution in [0, 0.1) is 5.92 Å². The number of hydrogen-bond acceptors (Lipinski definition) is 1. The Morgan fingerprint density at radius 1 is 0.645 bits per heavy atom. The number of hydrogen-bond donors (Lipinski definition) is 0. The Bertz CT molecular complexity index is 481. The van der Waals surface area contributed by atoms with Crippen molar-refractivity contribution < 1.29 is 0 Å². The summed E-state index contributed by atoms with van der Waals surface area (Å²) >= 11 is 0. The number of unbranched alkanes of at least 4 members (excludes halogenated alkanes) is 15. The number of aromatic nitrogens is 2. The molecule has 0 radical (unpaired) electrons. The molecule has 0 N–H and O–H groups in total. The van der Waals surface area contributed by atoms with Crippen LogP contribution >= 0.6 is 0 Å². The minimum atomic E-state index is 0.223. The predicted molar refractivity (Wildman–Crippen MR) is 139 cm³/mol. The largest absolute Gasteiger partial charge is 0.331 e. The van der Waals surface area contributed by atoms with Crippen LogP contribution < -0.4 is 0 Å². The summed E-state index contributed by atoms with van der Waals surface area (Å²) in [6.07, 6.45) is 34.4. The molecule has 31 heavy (non-hydrogen) atoms. The zero-order chi connectivity index (χ0) is 22.6. The van der Waals surface area contributed by atoms with Crippen molar-refractivity contribution in [3.05, 3.63) is 18.7 Å². The van der Waals surface area contributed by atoms with Crippen LogP contribution in [0.3, 0.4) is 0 Å². The Balaban J connectivity index is 2.17. The van der Waals surface area contributed by atoms with E-state index in [0.717, 1.165) is 5.92 Å². The summed E-state index contributed by atoms with van der Waals surface area (Å²) in [6.45, 7) is 9.44. The normalized spacial score (nSPS) is 14.6. The molecule has 1 aromatic heterocycles. The van der Waals surface area contributed by atoms with Crippen molar-refractivity contribution >= 4 is 0 Å². The second-order valence-electron chi connectivity index (χ2n) is 10.3. The van der Waals surface area contributed by atoms with Gasteiger partial charge >= 0.3 is 0 Å². The van der Waals surface area contributed by atoms with Crippen molar-refractivity contribution in [3.63, 3.8) is 0 Å². The van der Waals surface area contributed by atoms with Gasteiger partial charge < -0.3 is 4.57 Å². The van der Waals surface area contributed by atoms with Gasteiger partial charge in [0.15, 0.2) is 0 Å². The third kappa shape index (κ3) is 12.1. The summed E-state index contributed by atoms with van der Waals surface area (Å²) < 4.78 is 2.40. The maximum Gasteiger partial charge on any atom is 0.0951 e. The van der Waals surface area contributed by atoms with Gasteiger partial charge in [-0.15, -0.1) is 0 Å². The highest BCUT2D eigenvalue weighted by atomic mass is 15.1. The second-order valence-corrected chi connectivity index (χ2v) is 10.3. The van der Waals surface area contributed by atoms with Crippen LogP contribution in [-0.4, -0.2) is 9.55 Å². The van der Waals surface area contributed by atoms with E-state index < -0.39 is 0 Å². The maximum atomic E-state index is 4.35. The lowest BCUT2D eigenvalue weighted by Gasteiger charge is -2.39. The van der Waals surface area contributed by atoms with Crippen LogP contribution in [0.5, 0.6) is 0 Å². The average molecular weight is 433 g/mol. The van der Waals surface area contributed by atoms with Crippen molar-refractivity contribution in [1.29, 1.82) is 0 Å². The zero-order valence-electron chi connectivity index (χ0n) is 21.8. The molecule has 0 aliphatic carbocycles. The predicted octanol–water partition coefficient (Wildman–Crippen LogP) is 10.1. The first-order valence-corrected chi connectivity index (χ1v) is 14.2. The summed E-state index contributed by atoms with van der Waals surface area (Å²) in [5, 5.41) is 0. The van der Waals surface area contributed by atoms with Gasteiger partial charge in [0.05, 0.1) is 6.33 Å². The number of imidazole rings is 1. The second kappa shape index (κ2) is 18.8. The smallest absolute Gasteiger partial charge is 0.0951 e. The lowest BCUT2D eigenvalue weighted by atomic mass is 9.76. The Morgan fingerprint density at radius 2 is 1.06 bits per heavy atom. The summed E-state index contributed by atoms with van der Waals surface area (Å²) in [5.74, 6) is 0.774. The van der Waals surface area contributed by atoms with Crippen molar-refractivity contribution in [1.82, 2.24) is 9.55 Å². The van der Waals surface area contributed by atoms with Gasteiger partial charge in [0, 0.05) is 17.9 Å². The lowest BCUT2D eigenvalue weighted by molar-refractivity contribution is 0.153. The summed E-state index contributed by atoms with van der Waals surface area (Å²) in [6, 6.07) is 0. The molecule has 1 aromatic rings. The molecule has 1 rings (SSSR count). The van der Waals surface area contributed by atoms with E-state index in [1.807, 2.05) is 12.5 Å². The zero-order valence-corrected chi connectivity index (χ0v) is 21.8. The third-order valence-corrected chi connectivity index (χ3v) is 7.75.